The third kappa shape index (κ3) is 5.68. The molecule has 1 aliphatic heterocycles. The summed E-state index contributed by atoms with van der Waals surface area (Å²) in [6, 6.07) is 11.1. The van der Waals surface area contributed by atoms with Gasteiger partial charge in [-0.25, -0.2) is 22.3 Å². The van der Waals surface area contributed by atoms with Gasteiger partial charge in [0.15, 0.2) is 5.54 Å². The zero-order valence-electron chi connectivity index (χ0n) is 20.7. The number of nitrogens with one attached hydrogen (secondary N) is 1. The van der Waals surface area contributed by atoms with Crippen molar-refractivity contribution in [1.29, 1.82) is 0 Å². The van der Waals surface area contributed by atoms with Crippen molar-refractivity contribution in [2.24, 2.45) is 0 Å². The maximum absolute atomic E-state index is 13.8. The van der Waals surface area contributed by atoms with Crippen LogP contribution >= 0.6 is 0 Å². The molecular weight excluding hydrogens is 486 g/mol. The van der Waals surface area contributed by atoms with Crippen molar-refractivity contribution in [2.45, 2.75) is 49.6 Å². The van der Waals surface area contributed by atoms with Gasteiger partial charge in [-0.05, 0) is 63.1 Å². The molecule has 0 aromatic heterocycles. The highest BCUT2D eigenvalue weighted by Gasteiger charge is 2.51. The fraction of sp³-hybridized carbons (Fsp3) is 0.400. The molecule has 3 rings (SSSR count). The van der Waals surface area contributed by atoms with E-state index in [-0.39, 0.29) is 17.1 Å². The second-order valence-corrected chi connectivity index (χ2v) is 11.0. The van der Waals surface area contributed by atoms with Crippen LogP contribution < -0.4 is 10.1 Å². The molecule has 0 aliphatic carbocycles. The highest BCUT2D eigenvalue weighted by Crippen LogP contribution is 2.31. The Bertz CT molecular complexity index is 1220. The Labute approximate surface area is 210 Å². The van der Waals surface area contributed by atoms with E-state index >= 15 is 0 Å². The summed E-state index contributed by atoms with van der Waals surface area (Å²) in [5.41, 5.74) is -0.867. The second-order valence-electron chi connectivity index (χ2n) is 9.23. The van der Waals surface area contributed by atoms with Crippen LogP contribution in [0.4, 0.5) is 4.79 Å². The number of carboxylic acids is 1. The van der Waals surface area contributed by atoms with Gasteiger partial charge in [-0.15, -0.1) is 0 Å². The number of benzene rings is 2. The number of sulfonamides is 1. The Morgan fingerprint density at radius 2 is 1.69 bits per heavy atom. The van der Waals surface area contributed by atoms with Gasteiger partial charge in [0.25, 0.3) is 15.9 Å². The quantitative estimate of drug-likeness (QED) is 0.545. The van der Waals surface area contributed by atoms with Gasteiger partial charge in [0.05, 0.1) is 10.9 Å². The van der Waals surface area contributed by atoms with E-state index < -0.39 is 39.6 Å². The maximum Gasteiger partial charge on any atom is 0.414 e. The normalized spacial score (nSPS) is 17.2. The molecule has 2 aromatic carbocycles. The largest absolute Gasteiger partial charge is 0.479 e. The zero-order chi connectivity index (χ0) is 26.7. The summed E-state index contributed by atoms with van der Waals surface area (Å²) in [7, 11) is -1.45. The monoisotopic (exact) mass is 517 g/mol. The van der Waals surface area contributed by atoms with E-state index in [4.69, 9.17) is 4.74 Å². The predicted octanol–water partition coefficient (Wildman–Crippen LogP) is 2.41. The number of carbonyl (C=O) groups is 3. The molecule has 194 valence electrons. The number of carboxylic acid groups (broad SMARTS) is 1. The molecule has 2 atom stereocenters. The minimum atomic E-state index is -4.52. The molecule has 36 heavy (non-hydrogen) atoms. The SMILES string of the molecule is Cc1ccc(S(=O)(=O)N(C(=O)[C@@H]2CCCN2)[C@@](C)(Cc2ccc(OC(=O)N(C)C)cc2)C(=O)O)cc1. The van der Waals surface area contributed by atoms with E-state index in [1.807, 2.05) is 0 Å². The van der Waals surface area contributed by atoms with Crippen LogP contribution in [0.25, 0.3) is 0 Å². The van der Waals surface area contributed by atoms with Crippen molar-refractivity contribution < 1.29 is 32.6 Å². The van der Waals surface area contributed by atoms with Crippen LogP contribution in [0.15, 0.2) is 53.4 Å². The first-order valence-corrected chi connectivity index (χ1v) is 12.9. The van der Waals surface area contributed by atoms with Gasteiger partial charge in [-0.3, -0.25) is 4.79 Å². The highest BCUT2D eigenvalue weighted by molar-refractivity contribution is 7.89. The van der Waals surface area contributed by atoms with Crippen molar-refractivity contribution in [3.63, 3.8) is 0 Å². The van der Waals surface area contributed by atoms with E-state index in [2.05, 4.69) is 5.32 Å². The third-order valence-corrected chi connectivity index (χ3v) is 8.00. The summed E-state index contributed by atoms with van der Waals surface area (Å²) in [4.78, 5) is 39.1. The number of rotatable bonds is 8. The summed E-state index contributed by atoms with van der Waals surface area (Å²) < 4.78 is 33.3. The van der Waals surface area contributed by atoms with Crippen LogP contribution in [0, 0.1) is 6.92 Å². The molecule has 0 unspecified atom stereocenters. The van der Waals surface area contributed by atoms with Gasteiger partial charge >= 0.3 is 12.1 Å². The van der Waals surface area contributed by atoms with Gasteiger partial charge in [0.1, 0.15) is 5.75 Å². The van der Waals surface area contributed by atoms with Gasteiger partial charge in [0, 0.05) is 20.5 Å². The van der Waals surface area contributed by atoms with Gasteiger partial charge in [-0.1, -0.05) is 29.8 Å². The van der Waals surface area contributed by atoms with Gasteiger partial charge in [-0.2, -0.15) is 0 Å². The second kappa shape index (κ2) is 10.7. The lowest BCUT2D eigenvalue weighted by Crippen LogP contribution is -2.61. The average molecular weight is 518 g/mol. The smallest absolute Gasteiger partial charge is 0.414 e. The summed E-state index contributed by atoms with van der Waals surface area (Å²) in [6.45, 7) is 3.56. The summed E-state index contributed by atoms with van der Waals surface area (Å²) in [6.07, 6.45) is 0.197. The topological polar surface area (TPSA) is 133 Å². The molecule has 10 nitrogen and oxygen atoms in total. The van der Waals surface area contributed by atoms with Crippen molar-refractivity contribution in [3.8, 4) is 5.75 Å². The summed E-state index contributed by atoms with van der Waals surface area (Å²) >= 11 is 0. The number of hydrogen-bond donors (Lipinski definition) is 2. The molecule has 1 saturated heterocycles. The Balaban J connectivity index is 2.03. The molecule has 0 bridgehead atoms. The number of nitrogens with zero attached hydrogens (tertiary/aromatic N) is 2. The minimum Gasteiger partial charge on any atom is -0.479 e. The molecule has 0 spiro atoms. The van der Waals surface area contributed by atoms with Crippen LogP contribution in [-0.2, 0) is 26.0 Å². The number of amides is 2. The summed E-state index contributed by atoms with van der Waals surface area (Å²) in [5, 5.41) is 13.3. The molecule has 1 fully saturated rings. The third-order valence-electron chi connectivity index (χ3n) is 6.07. The molecule has 2 amide bonds. The molecule has 1 aliphatic rings. The van der Waals surface area contributed by atoms with Gasteiger partial charge < -0.3 is 20.1 Å². The first-order valence-electron chi connectivity index (χ1n) is 11.5. The van der Waals surface area contributed by atoms with Crippen molar-refractivity contribution in [2.75, 3.05) is 20.6 Å². The standard InChI is InChI=1S/C25H31N3O7S/c1-17-7-13-20(14-8-17)36(33,34)28(22(29)21-6-5-15-26-21)25(2,23(30)31)16-18-9-11-19(12-10-18)35-24(32)27(3)4/h7-14,21,26H,5-6,15-16H2,1-4H3,(H,30,31)/t21-,25-/m0/s1. The predicted molar refractivity (Wildman–Crippen MR) is 132 cm³/mol. The van der Waals surface area contributed by atoms with E-state index in [1.54, 1.807) is 19.1 Å². The first kappa shape index (κ1) is 27.2. The highest BCUT2D eigenvalue weighted by atomic mass is 32.2. The van der Waals surface area contributed by atoms with Gasteiger partial charge in [0.2, 0.25) is 0 Å². The lowest BCUT2D eigenvalue weighted by atomic mass is 9.92. The van der Waals surface area contributed by atoms with Crippen LogP contribution in [0.5, 0.6) is 5.75 Å². The number of carbonyl (C=O) groups excluding carboxylic acids is 2. The van der Waals surface area contributed by atoms with Crippen molar-refractivity contribution in [1.82, 2.24) is 14.5 Å². The molecule has 2 aromatic rings. The van der Waals surface area contributed by atoms with E-state index in [1.165, 1.54) is 62.3 Å². The minimum absolute atomic E-state index is 0.169. The molecular formula is C25H31N3O7S. The number of aliphatic carboxylic acids is 1. The number of ether oxygens (including phenoxy) is 1. The zero-order valence-corrected chi connectivity index (χ0v) is 21.5. The van der Waals surface area contributed by atoms with Crippen molar-refractivity contribution >= 4 is 28.0 Å². The Morgan fingerprint density at radius 1 is 1.08 bits per heavy atom. The van der Waals surface area contributed by atoms with Crippen molar-refractivity contribution in [3.05, 3.63) is 59.7 Å². The van der Waals surface area contributed by atoms with E-state index in [0.29, 0.717) is 29.3 Å². The summed E-state index contributed by atoms with van der Waals surface area (Å²) in [5.74, 6) is -2.04. The fourth-order valence-electron chi connectivity index (χ4n) is 3.98. The van der Waals surface area contributed by atoms with Crippen LogP contribution in [0.3, 0.4) is 0 Å². The lowest BCUT2D eigenvalue weighted by Gasteiger charge is -2.38. The van der Waals surface area contributed by atoms with E-state index in [0.717, 1.165) is 5.56 Å². The Kier molecular flexibility index (Phi) is 8.05. The molecule has 2 N–H and O–H groups in total. The Hall–Kier alpha value is -3.44. The van der Waals surface area contributed by atoms with Crippen LogP contribution in [0.2, 0.25) is 0 Å². The van der Waals surface area contributed by atoms with Crippen LogP contribution in [-0.4, -0.2) is 72.9 Å². The Morgan fingerprint density at radius 3 is 2.19 bits per heavy atom. The lowest BCUT2D eigenvalue weighted by molar-refractivity contribution is -0.153. The number of hydrogen-bond acceptors (Lipinski definition) is 7. The molecule has 11 heteroatoms. The average Bonchev–Trinajstić information content (AvgIpc) is 3.35. The first-order chi connectivity index (χ1) is 16.9. The molecule has 0 radical (unpaired) electrons. The van der Waals surface area contributed by atoms with E-state index in [9.17, 15) is 27.9 Å². The molecule has 0 saturated carbocycles. The molecule has 1 heterocycles. The van der Waals surface area contributed by atoms with Crippen LogP contribution in [0.1, 0.15) is 30.9 Å². The fourth-order valence-corrected chi connectivity index (χ4v) is 5.71. The number of aryl methyl sites for hydroxylation is 1. The maximum atomic E-state index is 13.8.